The van der Waals surface area contributed by atoms with Gasteiger partial charge in [-0.25, -0.2) is 19.2 Å². The Hall–Kier alpha value is -3.83. The highest BCUT2D eigenvalue weighted by molar-refractivity contribution is 5.89. The molecule has 4 amide bonds. The lowest BCUT2D eigenvalue weighted by molar-refractivity contribution is -0.159. The molecule has 0 heterocycles. The molecule has 0 radical (unpaired) electrons. The SMILES string of the molecule is Cc1ccc(NC(=O)NCCCCC(NC(=O)NC(CCC(=O)OC(C)(C)C)C(=O)OC(C)(C)C)C(=O)OC(C)(C)C)cc1. The van der Waals surface area contributed by atoms with E-state index in [4.69, 9.17) is 14.2 Å². The maximum absolute atomic E-state index is 13.0. The van der Waals surface area contributed by atoms with Gasteiger partial charge < -0.3 is 35.5 Å². The van der Waals surface area contributed by atoms with E-state index in [1.807, 2.05) is 31.2 Å². The Labute approximate surface area is 261 Å². The van der Waals surface area contributed by atoms with Crippen LogP contribution in [0.15, 0.2) is 24.3 Å². The molecule has 0 aromatic heterocycles. The quantitative estimate of drug-likeness (QED) is 0.134. The molecule has 0 saturated carbocycles. The molecule has 0 aliphatic heterocycles. The molecule has 2 unspecified atom stereocenters. The molecule has 44 heavy (non-hydrogen) atoms. The molecule has 1 aromatic rings. The average Bonchev–Trinajstić information content (AvgIpc) is 2.83. The average molecular weight is 621 g/mol. The van der Waals surface area contributed by atoms with Crippen molar-refractivity contribution in [1.29, 1.82) is 0 Å². The van der Waals surface area contributed by atoms with Crippen LogP contribution in [0.1, 0.15) is 100.0 Å². The molecule has 1 aromatic carbocycles. The van der Waals surface area contributed by atoms with Crippen molar-refractivity contribution in [2.45, 2.75) is 130 Å². The molecule has 2 atom stereocenters. The zero-order chi connectivity index (χ0) is 33.7. The lowest BCUT2D eigenvalue weighted by Crippen LogP contribution is -2.53. The minimum atomic E-state index is -1.17. The summed E-state index contributed by atoms with van der Waals surface area (Å²) in [6, 6.07) is 4.06. The number of carbonyl (C=O) groups is 5. The van der Waals surface area contributed by atoms with E-state index in [2.05, 4.69) is 21.3 Å². The predicted octanol–water partition coefficient (Wildman–Crippen LogP) is 5.13. The van der Waals surface area contributed by atoms with Gasteiger partial charge in [0.2, 0.25) is 0 Å². The van der Waals surface area contributed by atoms with Crippen LogP contribution in [0.2, 0.25) is 0 Å². The maximum Gasteiger partial charge on any atom is 0.329 e. The summed E-state index contributed by atoms with van der Waals surface area (Å²) in [5.41, 5.74) is -0.577. The van der Waals surface area contributed by atoms with E-state index in [-0.39, 0.29) is 25.3 Å². The number of hydrogen-bond acceptors (Lipinski definition) is 8. The number of carbonyl (C=O) groups excluding carboxylic acids is 5. The number of hydrogen-bond donors (Lipinski definition) is 4. The zero-order valence-electron chi connectivity index (χ0n) is 28.0. The second-order valence-electron chi connectivity index (χ2n) is 13.7. The number of unbranched alkanes of at least 4 members (excludes halogenated alkanes) is 1. The number of amides is 4. The predicted molar refractivity (Wildman–Crippen MR) is 168 cm³/mol. The first-order valence-electron chi connectivity index (χ1n) is 15.0. The van der Waals surface area contributed by atoms with Crippen LogP contribution >= 0.6 is 0 Å². The Morgan fingerprint density at radius 2 is 1.14 bits per heavy atom. The lowest BCUT2D eigenvalue weighted by Gasteiger charge is -2.27. The van der Waals surface area contributed by atoms with Crippen LogP contribution < -0.4 is 21.3 Å². The van der Waals surface area contributed by atoms with Crippen LogP contribution in [0, 0.1) is 6.92 Å². The fraction of sp³-hybridized carbons (Fsp3) is 0.656. The van der Waals surface area contributed by atoms with E-state index in [1.54, 1.807) is 62.3 Å². The topological polar surface area (TPSA) is 161 Å². The molecule has 248 valence electrons. The molecule has 4 N–H and O–H groups in total. The van der Waals surface area contributed by atoms with Crippen molar-refractivity contribution in [3.63, 3.8) is 0 Å². The van der Waals surface area contributed by atoms with Gasteiger partial charge in [-0.15, -0.1) is 0 Å². The van der Waals surface area contributed by atoms with Crippen LogP contribution in [-0.2, 0) is 28.6 Å². The van der Waals surface area contributed by atoms with Crippen molar-refractivity contribution in [2.24, 2.45) is 0 Å². The van der Waals surface area contributed by atoms with Gasteiger partial charge in [-0.1, -0.05) is 17.7 Å². The Kier molecular flexibility index (Phi) is 14.6. The standard InChI is InChI=1S/C32H52N4O8/c1-21-14-16-22(17-15-21)34-28(40)33-20-12-11-13-23(26(38)43-31(5,6)7)35-29(41)36-24(27(39)44-32(8,9)10)18-19-25(37)42-30(2,3)4/h14-17,23-24H,11-13,18-20H2,1-10H3,(H2,33,34,40)(H2,35,36,41). The molecule has 0 spiro atoms. The third kappa shape index (κ3) is 18.0. The summed E-state index contributed by atoms with van der Waals surface area (Å²) in [4.78, 5) is 63.3. The smallest absolute Gasteiger partial charge is 0.329 e. The number of aryl methyl sites for hydroxylation is 1. The minimum Gasteiger partial charge on any atom is -0.460 e. The largest absolute Gasteiger partial charge is 0.460 e. The van der Waals surface area contributed by atoms with Gasteiger partial charge in [0, 0.05) is 18.7 Å². The number of anilines is 1. The summed E-state index contributed by atoms with van der Waals surface area (Å²) in [6.07, 6.45) is 1.02. The molecule has 1 rings (SSSR count). The van der Waals surface area contributed by atoms with Crippen molar-refractivity contribution in [1.82, 2.24) is 16.0 Å². The lowest BCUT2D eigenvalue weighted by atomic mass is 10.1. The van der Waals surface area contributed by atoms with Gasteiger partial charge in [0.05, 0.1) is 0 Å². The van der Waals surface area contributed by atoms with Crippen molar-refractivity contribution in [2.75, 3.05) is 11.9 Å². The number of ether oxygens (including phenoxy) is 3. The van der Waals surface area contributed by atoms with Gasteiger partial charge in [0.1, 0.15) is 28.9 Å². The van der Waals surface area contributed by atoms with Crippen molar-refractivity contribution >= 4 is 35.7 Å². The maximum atomic E-state index is 13.0. The highest BCUT2D eigenvalue weighted by Gasteiger charge is 2.31. The summed E-state index contributed by atoms with van der Waals surface area (Å²) in [7, 11) is 0. The number of esters is 3. The molecule has 0 bridgehead atoms. The number of rotatable bonds is 13. The first-order chi connectivity index (χ1) is 20.1. The number of benzene rings is 1. The zero-order valence-corrected chi connectivity index (χ0v) is 28.0. The van der Waals surface area contributed by atoms with E-state index in [1.165, 1.54) is 0 Å². The third-order valence-electron chi connectivity index (χ3n) is 5.56. The Morgan fingerprint density at radius 1 is 0.659 bits per heavy atom. The van der Waals surface area contributed by atoms with Crippen molar-refractivity contribution < 1.29 is 38.2 Å². The highest BCUT2D eigenvalue weighted by Crippen LogP contribution is 2.15. The third-order valence-corrected chi connectivity index (χ3v) is 5.56. The van der Waals surface area contributed by atoms with Crippen LogP contribution in [0.4, 0.5) is 15.3 Å². The van der Waals surface area contributed by atoms with Crippen LogP contribution in [0.5, 0.6) is 0 Å². The molecule has 0 aliphatic carbocycles. The summed E-state index contributed by atoms with van der Waals surface area (Å²) in [6.45, 7) is 17.7. The molecule has 12 heteroatoms. The van der Waals surface area contributed by atoms with E-state index < -0.39 is 52.8 Å². The second-order valence-corrected chi connectivity index (χ2v) is 13.7. The molecular weight excluding hydrogens is 568 g/mol. The van der Waals surface area contributed by atoms with Crippen LogP contribution in [-0.4, -0.2) is 65.4 Å². The summed E-state index contributed by atoms with van der Waals surface area (Å²) in [5.74, 6) is -1.89. The van der Waals surface area contributed by atoms with Gasteiger partial charge in [0.15, 0.2) is 0 Å². The highest BCUT2D eigenvalue weighted by atomic mass is 16.6. The van der Waals surface area contributed by atoms with Crippen molar-refractivity contribution in [3.05, 3.63) is 29.8 Å². The monoisotopic (exact) mass is 620 g/mol. The second kappa shape index (κ2) is 16.9. The van der Waals surface area contributed by atoms with E-state index in [9.17, 15) is 24.0 Å². The van der Waals surface area contributed by atoms with E-state index >= 15 is 0 Å². The Morgan fingerprint density at radius 3 is 1.61 bits per heavy atom. The van der Waals surface area contributed by atoms with Crippen molar-refractivity contribution in [3.8, 4) is 0 Å². The first-order valence-corrected chi connectivity index (χ1v) is 15.0. The van der Waals surface area contributed by atoms with E-state index in [0.29, 0.717) is 25.1 Å². The first kappa shape index (κ1) is 38.2. The molecule has 0 fully saturated rings. The minimum absolute atomic E-state index is 0.0648. The summed E-state index contributed by atoms with van der Waals surface area (Å²) >= 11 is 0. The van der Waals surface area contributed by atoms with Crippen LogP contribution in [0.3, 0.4) is 0 Å². The molecule has 0 aliphatic rings. The Bertz CT molecular complexity index is 1120. The van der Waals surface area contributed by atoms with Gasteiger partial charge in [-0.3, -0.25) is 4.79 Å². The molecule has 0 saturated heterocycles. The van der Waals surface area contributed by atoms with Gasteiger partial charge in [0.25, 0.3) is 0 Å². The molecule has 12 nitrogen and oxygen atoms in total. The van der Waals surface area contributed by atoms with Gasteiger partial charge in [-0.05, 0) is 107 Å². The fourth-order valence-electron chi connectivity index (χ4n) is 3.74. The van der Waals surface area contributed by atoms with Gasteiger partial charge >= 0.3 is 30.0 Å². The number of nitrogens with one attached hydrogen (secondary N) is 4. The van der Waals surface area contributed by atoms with Gasteiger partial charge in [-0.2, -0.15) is 0 Å². The summed E-state index contributed by atoms with van der Waals surface area (Å²) < 4.78 is 16.3. The summed E-state index contributed by atoms with van der Waals surface area (Å²) in [5, 5.41) is 10.7. The molecular formula is C32H52N4O8. The van der Waals surface area contributed by atoms with E-state index in [0.717, 1.165) is 5.56 Å². The fourth-order valence-corrected chi connectivity index (χ4v) is 3.74. The normalized spacial score (nSPS) is 13.1. The number of urea groups is 2. The Balaban J connectivity index is 2.81. The van der Waals surface area contributed by atoms with Crippen LogP contribution in [0.25, 0.3) is 0 Å².